The number of rotatable bonds is 2. The monoisotopic (exact) mass is 965 g/mol. The Labute approximate surface area is 430 Å². The van der Waals surface area contributed by atoms with Gasteiger partial charge in [0.25, 0.3) is 0 Å². The average molecular weight is 965 g/mol. The molecule has 0 aliphatic carbocycles. The van der Waals surface area contributed by atoms with E-state index in [4.69, 9.17) is 9.47 Å². The Bertz CT molecular complexity index is 2930. The Balaban J connectivity index is 0.000000213. The molecule has 364 valence electrons. The topological polar surface area (TPSA) is 18.5 Å². The van der Waals surface area contributed by atoms with Crippen LogP contribution in [0.25, 0.3) is 21.5 Å². The molecule has 0 fully saturated rings. The van der Waals surface area contributed by atoms with Crippen molar-refractivity contribution in [2.24, 2.45) is 0 Å². The number of thiophene rings is 2. The van der Waals surface area contributed by atoms with Gasteiger partial charge < -0.3 is 9.47 Å². The zero-order valence-corrected chi connectivity index (χ0v) is 45.9. The summed E-state index contributed by atoms with van der Waals surface area (Å²) in [6.45, 7) is 25.3. The quantitative estimate of drug-likeness (QED) is 0.172. The highest BCUT2D eigenvalue weighted by molar-refractivity contribution is 7.11. The largest absolute Gasteiger partial charge is 0.497 e. The summed E-state index contributed by atoms with van der Waals surface area (Å²) in [6, 6.07) is 69.0. The van der Waals surface area contributed by atoms with E-state index < -0.39 is 0 Å². The van der Waals surface area contributed by atoms with Gasteiger partial charge in [0.15, 0.2) is 0 Å². The smallest absolute Gasteiger partial charge is 0.119 e. The first-order valence-electron chi connectivity index (χ1n) is 23.8. The molecule has 0 amide bonds. The van der Waals surface area contributed by atoms with E-state index >= 15 is 0 Å². The first-order chi connectivity index (χ1) is 33.6. The third-order valence-corrected chi connectivity index (χ3v) is 12.7. The average Bonchev–Trinajstić information content (AvgIpc) is 4.02. The van der Waals surface area contributed by atoms with Crippen molar-refractivity contribution in [3.63, 3.8) is 0 Å². The third-order valence-electron chi connectivity index (χ3n) is 11.0. The highest BCUT2D eigenvalue weighted by Gasteiger charge is 1.95. The molecule has 0 saturated heterocycles. The van der Waals surface area contributed by atoms with Gasteiger partial charge in [-0.25, -0.2) is 0 Å². The number of ether oxygens (including phenoxy) is 2. The molecular weight excluding hydrogens is 889 g/mol. The summed E-state index contributed by atoms with van der Waals surface area (Å²) in [5.41, 5.74) is 11.9. The lowest BCUT2D eigenvalue weighted by molar-refractivity contribution is 0.414. The van der Waals surface area contributed by atoms with Gasteiger partial charge in [0.05, 0.1) is 14.2 Å². The molecule has 4 heteroatoms. The van der Waals surface area contributed by atoms with E-state index in [2.05, 4.69) is 234 Å². The van der Waals surface area contributed by atoms with Crippen LogP contribution in [0.4, 0.5) is 0 Å². The Morgan fingerprint density at radius 3 is 1.24 bits per heavy atom. The van der Waals surface area contributed by atoms with Gasteiger partial charge in [-0.2, -0.15) is 0 Å². The van der Waals surface area contributed by atoms with Crippen molar-refractivity contribution in [2.75, 3.05) is 14.2 Å². The molecule has 10 rings (SSSR count). The fraction of sp³-hybridized carbons (Fsp3) is 0.212. The van der Waals surface area contributed by atoms with Crippen LogP contribution >= 0.6 is 22.7 Å². The van der Waals surface area contributed by atoms with Gasteiger partial charge in [-0.05, 0) is 180 Å². The van der Waals surface area contributed by atoms with Gasteiger partial charge in [0, 0.05) is 14.6 Å². The Hall–Kier alpha value is -6.72. The van der Waals surface area contributed by atoms with E-state index in [-0.39, 0.29) is 0 Å². The second-order valence-electron chi connectivity index (χ2n) is 17.2. The minimum atomic E-state index is 0.917. The number of aryl methyl sites for hydroxylation is 12. The van der Waals surface area contributed by atoms with Crippen LogP contribution in [-0.4, -0.2) is 14.2 Å². The van der Waals surface area contributed by atoms with Gasteiger partial charge in [0.2, 0.25) is 0 Å². The van der Waals surface area contributed by atoms with Crippen LogP contribution in [0, 0.1) is 83.1 Å². The van der Waals surface area contributed by atoms with E-state index in [0.717, 1.165) is 11.5 Å². The Morgan fingerprint density at radius 2 is 0.771 bits per heavy atom. The van der Waals surface area contributed by atoms with Crippen molar-refractivity contribution >= 4 is 44.2 Å². The standard InChI is InChI=1S/2C11H10.C9H12O.C9H12.C8H10O.C7H8.C6H8S.C5H6S/c1-9-5-4-7-10-6-2-3-8-11(9)10;1-9-6-7-10-4-2-3-5-11(10)8-9;1-7-4-5-9(10-3)6-8(7)2;1-7-4-5-8(2)9(3)6-7;1-7-3-5-8(9-2)6-4-7;1-7-5-3-2-4-6-7;1-5-3-4-6(2)7-5;1-5-3-2-4-6-5/h2*2-8H,1H3;4-6H,1-3H3;4-6H,1-3H3;3-6H,1-2H3;2-6H,1H3;3-4H,1-2H3;2-4H,1H3. The van der Waals surface area contributed by atoms with Crippen molar-refractivity contribution in [1.29, 1.82) is 0 Å². The number of hydrogen-bond donors (Lipinski definition) is 0. The molecule has 0 atom stereocenters. The third kappa shape index (κ3) is 23.1. The number of fused-ring (bicyclic) bond motifs is 2. The van der Waals surface area contributed by atoms with E-state index in [0.29, 0.717) is 0 Å². The molecule has 2 aromatic heterocycles. The molecule has 2 nitrogen and oxygen atoms in total. The predicted molar refractivity (Wildman–Crippen MR) is 312 cm³/mol. The lowest BCUT2D eigenvalue weighted by Gasteiger charge is -2.02. The second-order valence-corrected chi connectivity index (χ2v) is 19.9. The number of hydrogen-bond acceptors (Lipinski definition) is 4. The summed E-state index contributed by atoms with van der Waals surface area (Å²) in [6.07, 6.45) is 0. The first-order valence-corrected chi connectivity index (χ1v) is 25.5. The molecule has 0 radical (unpaired) electrons. The van der Waals surface area contributed by atoms with Crippen LogP contribution in [0.15, 0.2) is 206 Å². The van der Waals surface area contributed by atoms with Crippen LogP contribution in [-0.2, 0) is 0 Å². The Kier molecular flexibility index (Phi) is 26.5. The molecule has 8 aromatic carbocycles. The predicted octanol–water partition coefficient (Wildman–Crippen LogP) is 19.6. The maximum absolute atomic E-state index is 5.05. The zero-order valence-electron chi connectivity index (χ0n) is 44.3. The van der Waals surface area contributed by atoms with E-state index in [1.807, 2.05) is 65.9 Å². The summed E-state index contributed by atoms with van der Waals surface area (Å²) < 4.78 is 10.0. The maximum atomic E-state index is 5.05. The van der Waals surface area contributed by atoms with Crippen molar-refractivity contribution in [3.8, 4) is 11.5 Å². The van der Waals surface area contributed by atoms with Gasteiger partial charge >= 0.3 is 0 Å². The molecule has 0 saturated carbocycles. The fourth-order valence-corrected chi connectivity index (χ4v) is 7.86. The van der Waals surface area contributed by atoms with Gasteiger partial charge in [0.1, 0.15) is 11.5 Å². The van der Waals surface area contributed by atoms with Crippen LogP contribution in [0.5, 0.6) is 11.5 Å². The summed E-state index contributed by atoms with van der Waals surface area (Å²) in [5, 5.41) is 7.41. The van der Waals surface area contributed by atoms with Crippen molar-refractivity contribution in [2.45, 2.75) is 83.1 Å². The SMILES string of the molecule is COc1ccc(C)c(C)c1.COc1ccc(C)cc1.Cc1ccc(C)c(C)c1.Cc1ccc(C)s1.Cc1ccc2ccccc2c1.Cc1cccc2ccccc12.Cc1ccccc1.Cc1cccs1. The first kappa shape index (κ1) is 57.6. The minimum Gasteiger partial charge on any atom is -0.497 e. The molecule has 0 N–H and O–H groups in total. The van der Waals surface area contributed by atoms with Gasteiger partial charge in [-0.15, -0.1) is 22.7 Å². The second kappa shape index (κ2) is 32.2. The summed E-state index contributed by atoms with van der Waals surface area (Å²) in [5.74, 6) is 1.85. The Morgan fingerprint density at radius 1 is 0.286 bits per heavy atom. The molecule has 2 heterocycles. The molecule has 10 aromatic rings. The molecule has 0 unspecified atom stereocenters. The van der Waals surface area contributed by atoms with Crippen molar-refractivity contribution < 1.29 is 9.47 Å². The molecule has 70 heavy (non-hydrogen) atoms. The van der Waals surface area contributed by atoms with Crippen LogP contribution in [0.1, 0.15) is 64.7 Å². The summed E-state index contributed by atoms with van der Waals surface area (Å²) >= 11 is 3.62. The van der Waals surface area contributed by atoms with Gasteiger partial charge in [-0.1, -0.05) is 180 Å². The zero-order chi connectivity index (χ0) is 51.3. The van der Waals surface area contributed by atoms with E-state index in [1.54, 1.807) is 25.6 Å². The van der Waals surface area contributed by atoms with E-state index in [1.165, 1.54) is 86.2 Å². The molecular formula is C66H76O2S2. The normalized spacial score (nSPS) is 9.57. The highest BCUT2D eigenvalue weighted by atomic mass is 32.1. The maximum Gasteiger partial charge on any atom is 0.119 e. The number of benzene rings is 8. The highest BCUT2D eigenvalue weighted by Crippen LogP contribution is 2.18. The molecule has 0 spiro atoms. The van der Waals surface area contributed by atoms with Crippen LogP contribution in [0.3, 0.4) is 0 Å². The fourth-order valence-electron chi connectivity index (χ4n) is 6.55. The minimum absolute atomic E-state index is 0.917. The number of methoxy groups -OCH3 is 2. The van der Waals surface area contributed by atoms with Crippen LogP contribution < -0.4 is 9.47 Å². The lowest BCUT2D eigenvalue weighted by atomic mass is 10.1. The van der Waals surface area contributed by atoms with Crippen LogP contribution in [0.2, 0.25) is 0 Å². The summed E-state index contributed by atoms with van der Waals surface area (Å²) in [7, 11) is 3.36. The molecule has 0 aliphatic rings. The lowest BCUT2D eigenvalue weighted by Crippen LogP contribution is -1.85. The summed E-state index contributed by atoms with van der Waals surface area (Å²) in [4.78, 5) is 4.19. The molecule has 0 bridgehead atoms. The molecule has 0 aliphatic heterocycles. The van der Waals surface area contributed by atoms with Gasteiger partial charge in [-0.3, -0.25) is 0 Å². The van der Waals surface area contributed by atoms with E-state index in [9.17, 15) is 0 Å². The van der Waals surface area contributed by atoms with Crippen molar-refractivity contribution in [3.05, 3.63) is 270 Å². The van der Waals surface area contributed by atoms with Crippen molar-refractivity contribution in [1.82, 2.24) is 0 Å².